The maximum Gasteiger partial charge on any atom is 0.321 e. The van der Waals surface area contributed by atoms with Gasteiger partial charge in [0.2, 0.25) is 10.0 Å². The number of nitrogens with one attached hydrogen (secondary N) is 1. The highest BCUT2D eigenvalue weighted by molar-refractivity contribution is 7.89. The van der Waals surface area contributed by atoms with Gasteiger partial charge in [-0.05, 0) is 36.6 Å². The molecule has 1 aromatic rings. The van der Waals surface area contributed by atoms with Crippen LogP contribution in [0.15, 0.2) is 29.2 Å². The number of hydrogen-bond donors (Lipinski definition) is 2. The molecule has 0 saturated carbocycles. The van der Waals surface area contributed by atoms with Crippen LogP contribution < -0.4 is 9.46 Å². The minimum absolute atomic E-state index is 0.0226. The van der Waals surface area contributed by atoms with Gasteiger partial charge in [-0.1, -0.05) is 13.8 Å². The summed E-state index contributed by atoms with van der Waals surface area (Å²) in [7, 11) is -2.69. The van der Waals surface area contributed by atoms with E-state index < -0.39 is 28.0 Å². The molecule has 0 radical (unpaired) electrons. The van der Waals surface area contributed by atoms with Crippen molar-refractivity contribution in [3.63, 3.8) is 0 Å². The fourth-order valence-corrected chi connectivity index (χ4v) is 3.20. The van der Waals surface area contributed by atoms with Crippen LogP contribution in [0.4, 0.5) is 0 Å². The van der Waals surface area contributed by atoms with Crippen LogP contribution in [0.5, 0.6) is 5.75 Å². The van der Waals surface area contributed by atoms with E-state index in [1.54, 1.807) is 0 Å². The van der Waals surface area contributed by atoms with Crippen molar-refractivity contribution in [2.24, 2.45) is 5.92 Å². The smallest absolute Gasteiger partial charge is 0.321 e. The van der Waals surface area contributed by atoms with E-state index in [1.165, 1.54) is 31.4 Å². The summed E-state index contributed by atoms with van der Waals surface area (Å²) in [6, 6.07) is 4.29. The number of hydrogen-bond acceptors (Lipinski definition) is 6. The summed E-state index contributed by atoms with van der Waals surface area (Å²) in [5.41, 5.74) is 0. The normalized spacial score (nSPS) is 12.6. The molecule has 0 aromatic heterocycles. The van der Waals surface area contributed by atoms with Crippen molar-refractivity contribution in [2.75, 3.05) is 13.7 Å². The lowest BCUT2D eigenvalue weighted by molar-refractivity contribution is -0.141. The molecule has 1 aromatic carbocycles. The van der Waals surface area contributed by atoms with Gasteiger partial charge in [0.05, 0.1) is 25.0 Å². The number of rotatable bonds is 10. The second-order valence-electron chi connectivity index (χ2n) is 5.79. The Morgan fingerprint density at radius 3 is 2.28 bits per heavy atom. The highest BCUT2D eigenvalue weighted by atomic mass is 32.2. The third-order valence-electron chi connectivity index (χ3n) is 3.24. The summed E-state index contributed by atoms with van der Waals surface area (Å²) in [5.74, 6) is -1.22. The van der Waals surface area contributed by atoms with Crippen LogP contribution in [0.25, 0.3) is 0 Å². The van der Waals surface area contributed by atoms with Crippen LogP contribution in [0.3, 0.4) is 0 Å². The van der Waals surface area contributed by atoms with Crippen LogP contribution in [-0.4, -0.2) is 45.2 Å². The van der Waals surface area contributed by atoms with Gasteiger partial charge in [-0.15, -0.1) is 0 Å². The molecule has 9 heteroatoms. The van der Waals surface area contributed by atoms with E-state index in [9.17, 15) is 18.0 Å². The first-order valence-electron chi connectivity index (χ1n) is 7.70. The van der Waals surface area contributed by atoms with Crippen molar-refractivity contribution in [3.05, 3.63) is 24.3 Å². The number of carboxylic acid groups (broad SMARTS) is 1. The topological polar surface area (TPSA) is 119 Å². The van der Waals surface area contributed by atoms with E-state index >= 15 is 0 Å². The Kier molecular flexibility index (Phi) is 7.85. The summed E-state index contributed by atoms with van der Waals surface area (Å²) in [4.78, 5) is 22.1. The van der Waals surface area contributed by atoms with E-state index in [4.69, 9.17) is 9.84 Å². The second kappa shape index (κ2) is 9.38. The molecule has 0 aliphatic heterocycles. The Bertz CT molecular complexity index is 683. The zero-order valence-corrected chi connectivity index (χ0v) is 15.2. The van der Waals surface area contributed by atoms with Crippen molar-refractivity contribution in [1.82, 2.24) is 4.72 Å². The zero-order chi connectivity index (χ0) is 19.0. The molecule has 2 N–H and O–H groups in total. The molecular weight excluding hydrogens is 350 g/mol. The molecule has 140 valence electrons. The van der Waals surface area contributed by atoms with Crippen LogP contribution in [0, 0.1) is 5.92 Å². The first-order valence-corrected chi connectivity index (χ1v) is 9.19. The number of methoxy groups -OCH3 is 1. The molecule has 0 spiro atoms. The summed E-state index contributed by atoms with van der Waals surface area (Å²) < 4.78 is 36.6. The molecule has 8 nitrogen and oxygen atoms in total. The average Bonchev–Trinajstić information content (AvgIpc) is 2.53. The van der Waals surface area contributed by atoms with Gasteiger partial charge < -0.3 is 14.6 Å². The highest BCUT2D eigenvalue weighted by Crippen LogP contribution is 2.17. The van der Waals surface area contributed by atoms with Gasteiger partial charge in [0.1, 0.15) is 11.8 Å². The molecule has 1 atom stereocenters. The summed E-state index contributed by atoms with van der Waals surface area (Å²) in [6.07, 6.45) is 0.261. The lowest BCUT2D eigenvalue weighted by Crippen LogP contribution is -2.41. The standard InChI is InChI=1S/C16H23NO7S/c1-11(2)10-14(16(19)20)17-25(21,22)13-6-4-12(5-7-13)24-9-8-15(18)23-3/h4-7,11,14,17H,8-10H2,1-3H3,(H,19,20)/t14-/m0/s1. The zero-order valence-electron chi connectivity index (χ0n) is 14.4. The Labute approximate surface area is 147 Å². The van der Waals surface area contributed by atoms with E-state index in [2.05, 4.69) is 9.46 Å². The quantitative estimate of drug-likeness (QED) is 0.595. The molecule has 0 bridgehead atoms. The Hall–Kier alpha value is -2.13. The Balaban J connectivity index is 2.75. The summed E-state index contributed by atoms with van der Waals surface area (Å²) in [6.45, 7) is 3.72. The predicted molar refractivity (Wildman–Crippen MR) is 89.8 cm³/mol. The first-order chi connectivity index (χ1) is 11.7. The Morgan fingerprint density at radius 2 is 1.80 bits per heavy atom. The number of sulfonamides is 1. The van der Waals surface area contributed by atoms with E-state index in [0.717, 1.165) is 0 Å². The monoisotopic (exact) mass is 373 g/mol. The lowest BCUT2D eigenvalue weighted by atomic mass is 10.1. The van der Waals surface area contributed by atoms with Gasteiger partial charge in [-0.3, -0.25) is 9.59 Å². The first kappa shape index (κ1) is 20.9. The molecule has 0 amide bonds. The predicted octanol–water partition coefficient (Wildman–Crippen LogP) is 1.41. The van der Waals surface area contributed by atoms with Crippen LogP contribution in [0.2, 0.25) is 0 Å². The van der Waals surface area contributed by atoms with Gasteiger partial charge in [0.25, 0.3) is 0 Å². The van der Waals surface area contributed by atoms with Gasteiger partial charge in [0, 0.05) is 0 Å². The summed E-state index contributed by atoms with van der Waals surface area (Å²) in [5, 5.41) is 9.15. The third kappa shape index (κ3) is 7.10. The molecule has 0 fully saturated rings. The largest absolute Gasteiger partial charge is 0.493 e. The summed E-state index contributed by atoms with van der Waals surface area (Å²) >= 11 is 0. The molecule has 0 saturated heterocycles. The Morgan fingerprint density at radius 1 is 1.20 bits per heavy atom. The SMILES string of the molecule is COC(=O)CCOc1ccc(S(=O)(=O)N[C@@H](CC(C)C)C(=O)O)cc1. The van der Waals surface area contributed by atoms with Gasteiger partial charge in [-0.25, -0.2) is 8.42 Å². The number of benzene rings is 1. The number of carbonyl (C=O) groups excluding carboxylic acids is 1. The minimum Gasteiger partial charge on any atom is -0.493 e. The number of ether oxygens (including phenoxy) is 2. The molecular formula is C16H23NO7S. The van der Waals surface area contributed by atoms with Crippen LogP contribution in [0.1, 0.15) is 26.7 Å². The van der Waals surface area contributed by atoms with Crippen molar-refractivity contribution in [2.45, 2.75) is 37.6 Å². The van der Waals surface area contributed by atoms with E-state index in [1.807, 2.05) is 13.8 Å². The maximum absolute atomic E-state index is 12.3. The fraction of sp³-hybridized carbons (Fsp3) is 0.500. The van der Waals surface area contributed by atoms with Gasteiger partial charge in [0.15, 0.2) is 0 Å². The fourth-order valence-electron chi connectivity index (χ4n) is 2.00. The minimum atomic E-state index is -3.97. The van der Waals surface area contributed by atoms with Crippen LogP contribution in [-0.2, 0) is 24.3 Å². The molecule has 1 rings (SSSR count). The number of esters is 1. The average molecular weight is 373 g/mol. The lowest BCUT2D eigenvalue weighted by Gasteiger charge is -2.16. The highest BCUT2D eigenvalue weighted by Gasteiger charge is 2.26. The molecule has 25 heavy (non-hydrogen) atoms. The van der Waals surface area contributed by atoms with Gasteiger partial charge >= 0.3 is 11.9 Å². The van der Waals surface area contributed by atoms with Gasteiger partial charge in [-0.2, -0.15) is 4.72 Å². The van der Waals surface area contributed by atoms with Crippen molar-refractivity contribution in [3.8, 4) is 5.75 Å². The number of carbonyl (C=O) groups is 2. The molecule has 0 aliphatic rings. The number of carboxylic acids is 1. The van der Waals surface area contributed by atoms with E-state index in [-0.39, 0.29) is 30.3 Å². The molecule has 0 heterocycles. The molecule has 0 aliphatic carbocycles. The maximum atomic E-state index is 12.3. The van der Waals surface area contributed by atoms with Crippen molar-refractivity contribution in [1.29, 1.82) is 0 Å². The van der Waals surface area contributed by atoms with Crippen molar-refractivity contribution >= 4 is 22.0 Å². The van der Waals surface area contributed by atoms with Crippen molar-refractivity contribution < 1.29 is 32.6 Å². The third-order valence-corrected chi connectivity index (χ3v) is 4.73. The number of aliphatic carboxylic acids is 1. The second-order valence-corrected chi connectivity index (χ2v) is 7.50. The van der Waals surface area contributed by atoms with Crippen LogP contribution >= 0.6 is 0 Å². The molecule has 0 unspecified atom stereocenters. The van der Waals surface area contributed by atoms with E-state index in [0.29, 0.717) is 5.75 Å².